The van der Waals surface area contributed by atoms with E-state index in [1.807, 2.05) is 0 Å². The van der Waals surface area contributed by atoms with Gasteiger partial charge in [0.1, 0.15) is 0 Å². The molecule has 5 heteroatoms. The summed E-state index contributed by atoms with van der Waals surface area (Å²) in [6, 6.07) is 6.43. The van der Waals surface area contributed by atoms with Crippen LogP contribution in [0.4, 0.5) is 0 Å². The van der Waals surface area contributed by atoms with Crippen LogP contribution in [0.5, 0.6) is 0 Å². The minimum absolute atomic E-state index is 0.283. The van der Waals surface area contributed by atoms with E-state index in [-0.39, 0.29) is 4.90 Å². The SMILES string of the molecule is CS(=O)(=O)c1ccc(C(O)CNCC2CCC2)cc1. The Morgan fingerprint density at radius 3 is 2.42 bits per heavy atom. The van der Waals surface area contributed by atoms with Gasteiger partial charge >= 0.3 is 0 Å². The van der Waals surface area contributed by atoms with Crippen molar-refractivity contribution in [3.05, 3.63) is 29.8 Å². The third-order valence-corrected chi connectivity index (χ3v) is 4.82. The van der Waals surface area contributed by atoms with Crippen LogP contribution in [0.2, 0.25) is 0 Å². The second kappa shape index (κ2) is 6.03. The van der Waals surface area contributed by atoms with E-state index in [0.29, 0.717) is 6.54 Å². The van der Waals surface area contributed by atoms with Crippen molar-refractivity contribution in [2.75, 3.05) is 19.3 Å². The summed E-state index contributed by atoms with van der Waals surface area (Å²) in [5, 5.41) is 13.3. The number of nitrogens with one attached hydrogen (secondary N) is 1. The third-order valence-electron chi connectivity index (χ3n) is 3.69. The number of sulfone groups is 1. The molecule has 1 saturated carbocycles. The Labute approximate surface area is 114 Å². The quantitative estimate of drug-likeness (QED) is 0.830. The number of benzene rings is 1. The normalized spacial score (nSPS) is 18.0. The lowest BCUT2D eigenvalue weighted by molar-refractivity contribution is 0.168. The maximum absolute atomic E-state index is 11.3. The highest BCUT2D eigenvalue weighted by Gasteiger charge is 2.17. The van der Waals surface area contributed by atoms with Crippen molar-refractivity contribution >= 4 is 9.84 Å². The number of aliphatic hydroxyl groups is 1. The Kier molecular flexibility index (Phi) is 4.60. The zero-order valence-corrected chi connectivity index (χ0v) is 12.0. The molecule has 0 bridgehead atoms. The van der Waals surface area contributed by atoms with Gasteiger partial charge in [0.05, 0.1) is 11.0 Å². The molecule has 19 heavy (non-hydrogen) atoms. The topological polar surface area (TPSA) is 66.4 Å². The van der Waals surface area contributed by atoms with E-state index in [4.69, 9.17) is 0 Å². The molecule has 0 heterocycles. The van der Waals surface area contributed by atoms with Gasteiger partial charge in [-0.15, -0.1) is 0 Å². The van der Waals surface area contributed by atoms with E-state index >= 15 is 0 Å². The predicted molar refractivity (Wildman–Crippen MR) is 74.7 cm³/mol. The fraction of sp³-hybridized carbons (Fsp3) is 0.571. The molecule has 1 unspecified atom stereocenters. The lowest BCUT2D eigenvalue weighted by atomic mass is 9.85. The average molecular weight is 283 g/mol. The van der Waals surface area contributed by atoms with Crippen molar-refractivity contribution in [1.29, 1.82) is 0 Å². The van der Waals surface area contributed by atoms with Gasteiger partial charge in [0.25, 0.3) is 0 Å². The Bertz CT molecular complexity index is 506. The summed E-state index contributed by atoms with van der Waals surface area (Å²) in [5.74, 6) is 0.764. The molecule has 0 spiro atoms. The lowest BCUT2D eigenvalue weighted by Crippen LogP contribution is -2.30. The second-order valence-corrected chi connectivity index (χ2v) is 7.33. The third kappa shape index (κ3) is 4.03. The number of hydrogen-bond donors (Lipinski definition) is 2. The van der Waals surface area contributed by atoms with Crippen molar-refractivity contribution < 1.29 is 13.5 Å². The largest absolute Gasteiger partial charge is 0.387 e. The molecule has 0 amide bonds. The molecule has 1 fully saturated rings. The Morgan fingerprint density at radius 1 is 1.32 bits per heavy atom. The van der Waals surface area contributed by atoms with Crippen LogP contribution >= 0.6 is 0 Å². The van der Waals surface area contributed by atoms with E-state index in [1.165, 1.54) is 25.5 Å². The molecule has 4 nitrogen and oxygen atoms in total. The van der Waals surface area contributed by atoms with Gasteiger partial charge < -0.3 is 10.4 Å². The second-order valence-electron chi connectivity index (χ2n) is 5.31. The fourth-order valence-corrected chi connectivity index (χ4v) is 2.81. The molecule has 0 radical (unpaired) electrons. The van der Waals surface area contributed by atoms with Crippen molar-refractivity contribution in [2.45, 2.75) is 30.3 Å². The summed E-state index contributed by atoms with van der Waals surface area (Å²) in [7, 11) is -3.17. The predicted octanol–water partition coefficient (Wildman–Crippen LogP) is 1.51. The van der Waals surface area contributed by atoms with E-state index in [0.717, 1.165) is 18.0 Å². The molecule has 1 atom stereocenters. The van der Waals surface area contributed by atoms with Crippen molar-refractivity contribution in [3.63, 3.8) is 0 Å². The molecule has 106 valence electrons. The van der Waals surface area contributed by atoms with Crippen molar-refractivity contribution in [3.8, 4) is 0 Å². The Hall–Kier alpha value is -0.910. The van der Waals surface area contributed by atoms with Crippen LogP contribution in [0.1, 0.15) is 30.9 Å². The first kappa shape index (κ1) is 14.5. The van der Waals surface area contributed by atoms with Crippen LogP contribution in [-0.2, 0) is 9.84 Å². The molecule has 0 saturated heterocycles. The maximum atomic E-state index is 11.3. The van der Waals surface area contributed by atoms with Crippen LogP contribution in [0, 0.1) is 5.92 Å². The average Bonchev–Trinajstić information content (AvgIpc) is 2.31. The Balaban J connectivity index is 1.86. The van der Waals surface area contributed by atoms with Gasteiger partial charge in [-0.2, -0.15) is 0 Å². The summed E-state index contributed by atoms with van der Waals surface area (Å²) >= 11 is 0. The fourth-order valence-electron chi connectivity index (χ4n) is 2.18. The minimum Gasteiger partial charge on any atom is -0.387 e. The summed E-state index contributed by atoms with van der Waals surface area (Å²) < 4.78 is 22.7. The lowest BCUT2D eigenvalue weighted by Gasteiger charge is -2.26. The van der Waals surface area contributed by atoms with E-state index in [2.05, 4.69) is 5.32 Å². The molecule has 1 aliphatic rings. The van der Waals surface area contributed by atoms with Crippen LogP contribution in [0.25, 0.3) is 0 Å². The molecule has 2 rings (SSSR count). The van der Waals surface area contributed by atoms with Gasteiger partial charge in [-0.3, -0.25) is 0 Å². The summed E-state index contributed by atoms with van der Waals surface area (Å²) in [5.41, 5.74) is 0.744. The van der Waals surface area contributed by atoms with E-state index in [9.17, 15) is 13.5 Å². The molecule has 0 aromatic heterocycles. The van der Waals surface area contributed by atoms with Gasteiger partial charge in [0, 0.05) is 12.8 Å². The first-order valence-corrected chi connectivity index (χ1v) is 8.55. The highest BCUT2D eigenvalue weighted by molar-refractivity contribution is 7.90. The molecular weight excluding hydrogens is 262 g/mol. The first-order chi connectivity index (χ1) is 8.97. The van der Waals surface area contributed by atoms with Gasteiger partial charge in [-0.25, -0.2) is 8.42 Å². The van der Waals surface area contributed by atoms with E-state index in [1.54, 1.807) is 24.3 Å². The number of rotatable bonds is 6. The minimum atomic E-state index is -3.17. The van der Waals surface area contributed by atoms with Gasteiger partial charge in [0.2, 0.25) is 0 Å². The summed E-state index contributed by atoms with van der Waals surface area (Å²) in [4.78, 5) is 0.283. The van der Waals surface area contributed by atoms with Gasteiger partial charge in [-0.05, 0) is 43.0 Å². The monoisotopic (exact) mass is 283 g/mol. The molecule has 2 N–H and O–H groups in total. The van der Waals surface area contributed by atoms with E-state index < -0.39 is 15.9 Å². The maximum Gasteiger partial charge on any atom is 0.175 e. The van der Waals surface area contributed by atoms with Crippen molar-refractivity contribution in [2.24, 2.45) is 5.92 Å². The van der Waals surface area contributed by atoms with Crippen molar-refractivity contribution in [1.82, 2.24) is 5.32 Å². The van der Waals surface area contributed by atoms with Gasteiger partial charge in [0.15, 0.2) is 9.84 Å². The smallest absolute Gasteiger partial charge is 0.175 e. The van der Waals surface area contributed by atoms with Crippen LogP contribution in [-0.4, -0.2) is 32.9 Å². The van der Waals surface area contributed by atoms with Gasteiger partial charge in [-0.1, -0.05) is 18.6 Å². The summed E-state index contributed by atoms with van der Waals surface area (Å²) in [6.07, 6.45) is 4.48. The van der Waals surface area contributed by atoms with Crippen LogP contribution in [0.3, 0.4) is 0 Å². The molecule has 1 aliphatic carbocycles. The van der Waals surface area contributed by atoms with Crippen LogP contribution in [0.15, 0.2) is 29.2 Å². The molecule has 1 aromatic carbocycles. The van der Waals surface area contributed by atoms with Crippen LogP contribution < -0.4 is 5.32 Å². The zero-order chi connectivity index (χ0) is 13.9. The highest BCUT2D eigenvalue weighted by Crippen LogP contribution is 2.25. The first-order valence-electron chi connectivity index (χ1n) is 6.65. The zero-order valence-electron chi connectivity index (χ0n) is 11.2. The molecule has 0 aliphatic heterocycles. The summed E-state index contributed by atoms with van der Waals surface area (Å²) in [6.45, 7) is 1.47. The number of aliphatic hydroxyl groups excluding tert-OH is 1. The highest BCUT2D eigenvalue weighted by atomic mass is 32.2. The Morgan fingerprint density at radius 2 is 1.95 bits per heavy atom. The molecular formula is C14H21NO3S. The molecule has 1 aromatic rings. The number of hydrogen-bond acceptors (Lipinski definition) is 4. The standard InChI is InChI=1S/C14H21NO3S/c1-19(17,18)13-7-5-12(6-8-13)14(16)10-15-9-11-3-2-4-11/h5-8,11,14-16H,2-4,9-10H2,1H3.